The van der Waals surface area contributed by atoms with Crippen molar-refractivity contribution in [3.05, 3.63) is 35.9 Å². The molecule has 0 radical (unpaired) electrons. The Bertz CT molecular complexity index is 271. The van der Waals surface area contributed by atoms with Crippen molar-refractivity contribution in [2.75, 3.05) is 6.61 Å². The standard InChI is InChI=1S/C11H14O2/c12-7-9-6-10(13)11(9)8-4-2-1-3-5-8/h1-5,9-13H,6-7H2/t9-,10?,11-/m1/s1. The molecule has 1 aromatic carbocycles. The summed E-state index contributed by atoms with van der Waals surface area (Å²) in [7, 11) is 0. The first-order chi connectivity index (χ1) is 6.33. The lowest BCUT2D eigenvalue weighted by Gasteiger charge is -2.41. The summed E-state index contributed by atoms with van der Waals surface area (Å²) < 4.78 is 0. The molecule has 0 aromatic heterocycles. The Morgan fingerprint density at radius 2 is 1.92 bits per heavy atom. The normalized spacial score (nSPS) is 32.6. The minimum absolute atomic E-state index is 0.145. The van der Waals surface area contributed by atoms with Crippen molar-refractivity contribution < 1.29 is 10.2 Å². The van der Waals surface area contributed by atoms with Crippen LogP contribution in [0.15, 0.2) is 30.3 Å². The average Bonchev–Trinajstić information content (AvgIpc) is 2.15. The Morgan fingerprint density at radius 3 is 2.46 bits per heavy atom. The molecule has 1 aliphatic carbocycles. The first kappa shape index (κ1) is 8.73. The summed E-state index contributed by atoms with van der Waals surface area (Å²) >= 11 is 0. The van der Waals surface area contributed by atoms with E-state index in [0.717, 1.165) is 12.0 Å². The summed E-state index contributed by atoms with van der Waals surface area (Å²) in [6.45, 7) is 0.177. The molecule has 0 bridgehead atoms. The van der Waals surface area contributed by atoms with E-state index in [1.54, 1.807) is 0 Å². The lowest BCUT2D eigenvalue weighted by atomic mass is 9.68. The van der Waals surface area contributed by atoms with E-state index in [9.17, 15) is 5.11 Å². The maximum atomic E-state index is 9.55. The zero-order valence-electron chi connectivity index (χ0n) is 7.43. The molecule has 1 saturated carbocycles. The molecule has 70 valence electrons. The Labute approximate surface area is 77.8 Å². The van der Waals surface area contributed by atoms with Gasteiger partial charge in [-0.3, -0.25) is 0 Å². The van der Waals surface area contributed by atoms with Gasteiger partial charge in [-0.05, 0) is 17.9 Å². The van der Waals surface area contributed by atoms with Crippen molar-refractivity contribution in [2.45, 2.75) is 18.4 Å². The fourth-order valence-electron chi connectivity index (χ4n) is 2.08. The quantitative estimate of drug-likeness (QED) is 0.713. The van der Waals surface area contributed by atoms with Gasteiger partial charge in [0.25, 0.3) is 0 Å². The van der Waals surface area contributed by atoms with E-state index in [1.807, 2.05) is 30.3 Å². The van der Waals surface area contributed by atoms with E-state index < -0.39 is 0 Å². The summed E-state index contributed by atoms with van der Waals surface area (Å²) in [6.07, 6.45) is 0.468. The van der Waals surface area contributed by atoms with Crippen LogP contribution in [0.2, 0.25) is 0 Å². The molecule has 2 heteroatoms. The second-order valence-corrected chi connectivity index (χ2v) is 3.68. The average molecular weight is 178 g/mol. The number of hydrogen-bond donors (Lipinski definition) is 2. The van der Waals surface area contributed by atoms with E-state index in [1.165, 1.54) is 0 Å². The van der Waals surface area contributed by atoms with Crippen molar-refractivity contribution in [2.24, 2.45) is 5.92 Å². The summed E-state index contributed by atoms with van der Waals surface area (Å²) in [5, 5.41) is 18.6. The van der Waals surface area contributed by atoms with E-state index in [4.69, 9.17) is 5.11 Å². The molecular weight excluding hydrogens is 164 g/mol. The molecule has 0 spiro atoms. The number of benzene rings is 1. The zero-order chi connectivity index (χ0) is 9.26. The van der Waals surface area contributed by atoms with Crippen LogP contribution in [0.1, 0.15) is 17.9 Å². The van der Waals surface area contributed by atoms with E-state index >= 15 is 0 Å². The first-order valence-corrected chi connectivity index (χ1v) is 4.67. The Morgan fingerprint density at radius 1 is 1.23 bits per heavy atom. The van der Waals surface area contributed by atoms with Crippen LogP contribution in [0.3, 0.4) is 0 Å². The summed E-state index contributed by atoms with van der Waals surface area (Å²) in [4.78, 5) is 0. The van der Waals surface area contributed by atoms with Crippen LogP contribution < -0.4 is 0 Å². The lowest BCUT2D eigenvalue weighted by molar-refractivity contribution is -0.0139. The van der Waals surface area contributed by atoms with Gasteiger partial charge in [0.15, 0.2) is 0 Å². The topological polar surface area (TPSA) is 40.5 Å². The first-order valence-electron chi connectivity index (χ1n) is 4.67. The molecule has 0 heterocycles. The van der Waals surface area contributed by atoms with E-state index in [2.05, 4.69) is 0 Å². The van der Waals surface area contributed by atoms with Gasteiger partial charge in [-0.15, -0.1) is 0 Å². The van der Waals surface area contributed by atoms with Gasteiger partial charge in [-0.25, -0.2) is 0 Å². The third-order valence-corrected chi connectivity index (χ3v) is 2.89. The fraction of sp³-hybridized carbons (Fsp3) is 0.455. The van der Waals surface area contributed by atoms with Gasteiger partial charge in [0.1, 0.15) is 0 Å². The predicted octanol–water partition coefficient (Wildman–Crippen LogP) is 1.14. The van der Waals surface area contributed by atoms with Crippen LogP contribution >= 0.6 is 0 Å². The predicted molar refractivity (Wildman–Crippen MR) is 50.4 cm³/mol. The van der Waals surface area contributed by atoms with Gasteiger partial charge >= 0.3 is 0 Å². The van der Waals surface area contributed by atoms with Crippen molar-refractivity contribution in [3.63, 3.8) is 0 Å². The molecule has 13 heavy (non-hydrogen) atoms. The summed E-state index contributed by atoms with van der Waals surface area (Å²) in [5.74, 6) is 0.392. The smallest absolute Gasteiger partial charge is 0.0616 e. The highest BCUT2D eigenvalue weighted by Crippen LogP contribution is 2.42. The van der Waals surface area contributed by atoms with Gasteiger partial charge in [-0.2, -0.15) is 0 Å². The number of aliphatic hydroxyl groups is 2. The molecule has 0 aliphatic heterocycles. The van der Waals surface area contributed by atoms with Gasteiger partial charge < -0.3 is 10.2 Å². The molecule has 3 atom stereocenters. The van der Waals surface area contributed by atoms with Crippen LogP contribution in [0, 0.1) is 5.92 Å². The molecule has 1 aromatic rings. The van der Waals surface area contributed by atoms with Crippen LogP contribution in [0.4, 0.5) is 0 Å². The summed E-state index contributed by atoms with van der Waals surface area (Å²) in [5.41, 5.74) is 1.14. The Kier molecular flexibility index (Phi) is 2.34. The van der Waals surface area contributed by atoms with Crippen molar-refractivity contribution >= 4 is 0 Å². The van der Waals surface area contributed by atoms with Gasteiger partial charge in [-0.1, -0.05) is 30.3 Å². The molecule has 2 nitrogen and oxygen atoms in total. The number of rotatable bonds is 2. The van der Waals surface area contributed by atoms with Crippen LogP contribution in [0.5, 0.6) is 0 Å². The van der Waals surface area contributed by atoms with Gasteiger partial charge in [0, 0.05) is 12.5 Å². The zero-order valence-corrected chi connectivity index (χ0v) is 7.43. The lowest BCUT2D eigenvalue weighted by Crippen LogP contribution is -2.41. The summed E-state index contributed by atoms with van der Waals surface area (Å²) in [6, 6.07) is 9.91. The van der Waals surface area contributed by atoms with E-state index in [-0.39, 0.29) is 24.5 Å². The second kappa shape index (κ2) is 3.48. The Hall–Kier alpha value is -0.860. The molecule has 2 N–H and O–H groups in total. The molecule has 1 aliphatic rings. The molecular formula is C11H14O2. The van der Waals surface area contributed by atoms with Crippen molar-refractivity contribution in [1.29, 1.82) is 0 Å². The minimum atomic E-state index is -0.264. The second-order valence-electron chi connectivity index (χ2n) is 3.68. The third-order valence-electron chi connectivity index (χ3n) is 2.89. The minimum Gasteiger partial charge on any atom is -0.396 e. The highest BCUT2D eigenvalue weighted by molar-refractivity contribution is 5.24. The molecule has 2 rings (SSSR count). The van der Waals surface area contributed by atoms with Crippen molar-refractivity contribution in [3.8, 4) is 0 Å². The molecule has 0 amide bonds. The number of aliphatic hydroxyl groups excluding tert-OH is 2. The fourth-order valence-corrected chi connectivity index (χ4v) is 2.08. The van der Waals surface area contributed by atoms with E-state index in [0.29, 0.717) is 0 Å². The third kappa shape index (κ3) is 1.47. The van der Waals surface area contributed by atoms with Crippen molar-refractivity contribution in [1.82, 2.24) is 0 Å². The molecule has 1 fully saturated rings. The van der Waals surface area contributed by atoms with Gasteiger partial charge in [0.05, 0.1) is 6.10 Å². The van der Waals surface area contributed by atoms with Gasteiger partial charge in [0.2, 0.25) is 0 Å². The largest absolute Gasteiger partial charge is 0.396 e. The van der Waals surface area contributed by atoms with Crippen LogP contribution in [-0.4, -0.2) is 22.9 Å². The molecule has 1 unspecified atom stereocenters. The van der Waals surface area contributed by atoms with Crippen LogP contribution in [0.25, 0.3) is 0 Å². The maximum absolute atomic E-state index is 9.55. The Balaban J connectivity index is 2.16. The van der Waals surface area contributed by atoms with Crippen LogP contribution in [-0.2, 0) is 0 Å². The highest BCUT2D eigenvalue weighted by Gasteiger charge is 2.39. The molecule has 0 saturated heterocycles. The highest BCUT2D eigenvalue weighted by atomic mass is 16.3. The maximum Gasteiger partial charge on any atom is 0.0616 e. The monoisotopic (exact) mass is 178 g/mol. The number of hydrogen-bond acceptors (Lipinski definition) is 2. The SMILES string of the molecule is OC[C@H]1CC(O)[C@@H]1c1ccccc1.